The van der Waals surface area contributed by atoms with Crippen molar-refractivity contribution in [3.63, 3.8) is 0 Å². The third-order valence-corrected chi connectivity index (χ3v) is 3.62. The maximum absolute atomic E-state index is 12.1. The molecule has 4 heteroatoms. The maximum atomic E-state index is 12.1. The Balaban J connectivity index is 1.97. The number of nitrogens with one attached hydrogen (secondary N) is 1. The zero-order valence-corrected chi connectivity index (χ0v) is 13.3. The minimum Gasteiger partial charge on any atom is -0.454 e. The molecule has 2 aromatic rings. The summed E-state index contributed by atoms with van der Waals surface area (Å²) in [5, 5.41) is 2.71. The number of benzene rings is 1. The molecular weight excluding hydrogens is 286 g/mol. The Morgan fingerprint density at radius 3 is 2.57 bits per heavy atom. The van der Waals surface area contributed by atoms with E-state index < -0.39 is 0 Å². The predicted molar refractivity (Wildman–Crippen MR) is 84.8 cm³/mol. The van der Waals surface area contributed by atoms with Crippen LogP contribution in [-0.2, 0) is 6.42 Å². The number of amides is 1. The van der Waals surface area contributed by atoms with Crippen LogP contribution in [0.3, 0.4) is 0 Å². The first-order valence-electron chi connectivity index (χ1n) is 7.06. The summed E-state index contributed by atoms with van der Waals surface area (Å²) in [6.45, 7) is 5.87. The summed E-state index contributed by atoms with van der Waals surface area (Å²) in [4.78, 5) is 12.1. The van der Waals surface area contributed by atoms with Crippen LogP contribution in [0.4, 0.5) is 0 Å². The van der Waals surface area contributed by atoms with E-state index in [1.54, 1.807) is 12.1 Å². The molecule has 2 rings (SSSR count). The van der Waals surface area contributed by atoms with Crippen LogP contribution < -0.4 is 5.32 Å². The highest BCUT2D eigenvalue weighted by Gasteiger charge is 2.16. The van der Waals surface area contributed by atoms with Crippen LogP contribution in [0.2, 0.25) is 0 Å². The minimum absolute atomic E-state index is 0.0283. The molecule has 2 atom stereocenters. The number of hydrogen-bond donors (Lipinski definition) is 1. The van der Waals surface area contributed by atoms with E-state index in [0.29, 0.717) is 11.5 Å². The van der Waals surface area contributed by atoms with Gasteiger partial charge in [-0.3, -0.25) is 4.79 Å². The van der Waals surface area contributed by atoms with Gasteiger partial charge in [0, 0.05) is 6.04 Å². The fourth-order valence-electron chi connectivity index (χ4n) is 2.20. The minimum atomic E-state index is -0.240. The summed E-state index contributed by atoms with van der Waals surface area (Å²) >= 11 is 5.93. The van der Waals surface area contributed by atoms with Crippen molar-refractivity contribution in [2.75, 3.05) is 0 Å². The van der Waals surface area contributed by atoms with Crippen molar-refractivity contribution < 1.29 is 9.21 Å². The van der Waals surface area contributed by atoms with Crippen molar-refractivity contribution >= 4 is 17.5 Å². The first-order valence-corrected chi connectivity index (χ1v) is 7.50. The summed E-state index contributed by atoms with van der Waals surface area (Å²) in [5.74, 6) is 0.696. The zero-order chi connectivity index (χ0) is 15.4. The van der Waals surface area contributed by atoms with Crippen LogP contribution >= 0.6 is 11.6 Å². The van der Waals surface area contributed by atoms with E-state index >= 15 is 0 Å². The average molecular weight is 306 g/mol. The number of aryl methyl sites for hydroxylation is 1. The molecule has 3 nitrogen and oxygen atoms in total. The van der Waals surface area contributed by atoms with Gasteiger partial charge in [-0.2, -0.15) is 0 Å². The number of hydrogen-bond acceptors (Lipinski definition) is 2. The summed E-state index contributed by atoms with van der Waals surface area (Å²) in [6, 6.07) is 11.6. The third kappa shape index (κ3) is 4.11. The van der Waals surface area contributed by atoms with Gasteiger partial charge in [0.25, 0.3) is 5.91 Å². The number of carbonyl (C=O) groups is 1. The highest BCUT2D eigenvalue weighted by Crippen LogP contribution is 2.21. The lowest BCUT2D eigenvalue weighted by molar-refractivity contribution is 0.0910. The Hall–Kier alpha value is -1.74. The molecule has 0 aliphatic carbocycles. The molecule has 1 N–H and O–H groups in total. The number of furan rings is 1. The second-order valence-electron chi connectivity index (χ2n) is 5.32. The fourth-order valence-corrected chi connectivity index (χ4v) is 2.32. The smallest absolute Gasteiger partial charge is 0.287 e. The van der Waals surface area contributed by atoms with Gasteiger partial charge in [0.05, 0.1) is 5.38 Å². The molecule has 112 valence electrons. The van der Waals surface area contributed by atoms with Crippen molar-refractivity contribution in [3.05, 3.63) is 59.0 Å². The molecule has 0 fully saturated rings. The summed E-state index contributed by atoms with van der Waals surface area (Å²) in [6.07, 6.45) is 0.790. The van der Waals surface area contributed by atoms with Gasteiger partial charge in [-0.05, 0) is 50.5 Å². The Bertz CT molecular complexity index is 619. The quantitative estimate of drug-likeness (QED) is 0.839. The molecule has 0 radical (unpaired) electrons. The van der Waals surface area contributed by atoms with Crippen LogP contribution in [0, 0.1) is 6.92 Å². The molecular formula is C17H20ClNO2. The maximum Gasteiger partial charge on any atom is 0.287 e. The molecule has 0 saturated carbocycles. The van der Waals surface area contributed by atoms with Gasteiger partial charge in [0.2, 0.25) is 0 Å². The van der Waals surface area contributed by atoms with Crippen LogP contribution in [0.15, 0.2) is 40.8 Å². The van der Waals surface area contributed by atoms with E-state index in [2.05, 4.69) is 24.4 Å². The van der Waals surface area contributed by atoms with E-state index in [-0.39, 0.29) is 17.3 Å². The predicted octanol–water partition coefficient (Wildman–Crippen LogP) is 4.25. The summed E-state index contributed by atoms with van der Waals surface area (Å²) in [7, 11) is 0. The molecule has 1 amide bonds. The third-order valence-electron chi connectivity index (χ3n) is 3.41. The van der Waals surface area contributed by atoms with Crippen LogP contribution in [0.25, 0.3) is 0 Å². The monoisotopic (exact) mass is 305 g/mol. The average Bonchev–Trinajstić information content (AvgIpc) is 2.91. The molecule has 2 unspecified atom stereocenters. The normalized spacial score (nSPS) is 13.7. The van der Waals surface area contributed by atoms with Gasteiger partial charge in [0.15, 0.2) is 5.76 Å². The SMILES string of the molecule is Cc1ccccc1CC(C)NC(=O)c1ccc(C(C)Cl)o1. The van der Waals surface area contributed by atoms with E-state index in [0.717, 1.165) is 6.42 Å². The van der Waals surface area contributed by atoms with E-state index in [1.807, 2.05) is 26.0 Å². The first kappa shape index (κ1) is 15.6. The molecule has 0 saturated heterocycles. The van der Waals surface area contributed by atoms with Crippen LogP contribution in [-0.4, -0.2) is 11.9 Å². The first-order chi connectivity index (χ1) is 9.97. The number of halogens is 1. The molecule has 0 aliphatic rings. The highest BCUT2D eigenvalue weighted by atomic mass is 35.5. The van der Waals surface area contributed by atoms with Crippen LogP contribution in [0.5, 0.6) is 0 Å². The topological polar surface area (TPSA) is 42.2 Å². The Morgan fingerprint density at radius 1 is 1.24 bits per heavy atom. The Labute approximate surface area is 130 Å². The van der Waals surface area contributed by atoms with Crippen molar-refractivity contribution in [1.29, 1.82) is 0 Å². The van der Waals surface area contributed by atoms with Crippen molar-refractivity contribution in [2.24, 2.45) is 0 Å². The van der Waals surface area contributed by atoms with Crippen molar-refractivity contribution in [3.8, 4) is 0 Å². The van der Waals surface area contributed by atoms with Gasteiger partial charge in [-0.15, -0.1) is 11.6 Å². The van der Waals surface area contributed by atoms with Gasteiger partial charge in [0.1, 0.15) is 5.76 Å². The molecule has 0 bridgehead atoms. The number of carbonyl (C=O) groups excluding carboxylic acids is 1. The molecule has 1 aromatic heterocycles. The lowest BCUT2D eigenvalue weighted by Gasteiger charge is -2.14. The summed E-state index contributed by atoms with van der Waals surface area (Å²) in [5.41, 5.74) is 2.47. The molecule has 1 aromatic carbocycles. The van der Waals surface area contributed by atoms with E-state index in [4.69, 9.17) is 16.0 Å². The van der Waals surface area contributed by atoms with Gasteiger partial charge in [-0.25, -0.2) is 0 Å². The van der Waals surface area contributed by atoms with Gasteiger partial charge >= 0.3 is 0 Å². The number of alkyl halides is 1. The summed E-state index contributed by atoms with van der Waals surface area (Å²) < 4.78 is 5.44. The second-order valence-corrected chi connectivity index (χ2v) is 5.98. The van der Waals surface area contributed by atoms with E-state index in [9.17, 15) is 4.79 Å². The van der Waals surface area contributed by atoms with Gasteiger partial charge in [-0.1, -0.05) is 24.3 Å². The lowest BCUT2D eigenvalue weighted by Crippen LogP contribution is -2.34. The Kier molecular flexibility index (Phi) is 5.07. The second kappa shape index (κ2) is 6.81. The lowest BCUT2D eigenvalue weighted by atomic mass is 10.0. The molecule has 0 spiro atoms. The molecule has 0 aliphatic heterocycles. The fraction of sp³-hybridized carbons (Fsp3) is 0.353. The largest absolute Gasteiger partial charge is 0.454 e. The van der Waals surface area contributed by atoms with Crippen molar-refractivity contribution in [2.45, 2.75) is 38.6 Å². The zero-order valence-electron chi connectivity index (χ0n) is 12.5. The van der Waals surface area contributed by atoms with Gasteiger partial charge < -0.3 is 9.73 Å². The van der Waals surface area contributed by atoms with Crippen LogP contribution in [0.1, 0.15) is 46.7 Å². The van der Waals surface area contributed by atoms with Crippen molar-refractivity contribution in [1.82, 2.24) is 5.32 Å². The molecule has 21 heavy (non-hydrogen) atoms. The Morgan fingerprint density at radius 2 is 1.95 bits per heavy atom. The van der Waals surface area contributed by atoms with E-state index in [1.165, 1.54) is 11.1 Å². The highest BCUT2D eigenvalue weighted by molar-refractivity contribution is 6.20. The number of rotatable bonds is 5. The molecule has 1 heterocycles. The standard InChI is InChI=1S/C17H20ClNO2/c1-11-6-4-5-7-14(11)10-12(2)19-17(20)16-9-8-15(21-16)13(3)18/h4-9,12-13H,10H2,1-3H3,(H,19,20).